The quantitative estimate of drug-likeness (QED) is 0.475. The summed E-state index contributed by atoms with van der Waals surface area (Å²) in [6, 6.07) is 13.3. The van der Waals surface area contributed by atoms with Crippen LogP contribution in [-0.2, 0) is 16.1 Å². The number of fused-ring (bicyclic) bond motifs is 1. The maximum Gasteiger partial charge on any atom is 0.273 e. The van der Waals surface area contributed by atoms with Gasteiger partial charge in [0, 0.05) is 10.4 Å². The Morgan fingerprint density at radius 2 is 1.85 bits per heavy atom. The Kier molecular flexibility index (Phi) is 7.23. The highest BCUT2D eigenvalue weighted by Crippen LogP contribution is 2.25. The van der Waals surface area contributed by atoms with E-state index in [9.17, 15) is 14.4 Å². The van der Waals surface area contributed by atoms with Crippen LogP contribution in [0.15, 0.2) is 42.5 Å². The summed E-state index contributed by atoms with van der Waals surface area (Å²) < 4.78 is 1.67. The van der Waals surface area contributed by atoms with Crippen molar-refractivity contribution in [2.45, 2.75) is 33.4 Å². The SMILES string of the molecule is CC(C)(C)[C@H](NC(=O)c1nn(Cc2ccc(C#N)cc2)c2ccc(Cl)cc12)C(=O)NCC(N)=O. The minimum absolute atomic E-state index is 0.114. The Balaban J connectivity index is 1.95. The Hall–Kier alpha value is -3.90. The summed E-state index contributed by atoms with van der Waals surface area (Å²) in [5, 5.41) is 19.7. The normalized spacial score (nSPS) is 12.1. The number of halogens is 1. The predicted molar refractivity (Wildman–Crippen MR) is 128 cm³/mol. The Labute approximate surface area is 201 Å². The zero-order valence-electron chi connectivity index (χ0n) is 19.1. The third-order valence-corrected chi connectivity index (χ3v) is 5.42. The molecular weight excluding hydrogens is 456 g/mol. The second-order valence-electron chi connectivity index (χ2n) is 8.93. The summed E-state index contributed by atoms with van der Waals surface area (Å²) in [5.41, 5.74) is 6.70. The minimum Gasteiger partial charge on any atom is -0.368 e. The third kappa shape index (κ3) is 5.71. The van der Waals surface area contributed by atoms with E-state index in [4.69, 9.17) is 22.6 Å². The van der Waals surface area contributed by atoms with E-state index in [1.165, 1.54) is 0 Å². The zero-order chi connectivity index (χ0) is 25.0. The average molecular weight is 481 g/mol. The number of carbonyl (C=O) groups excluding carboxylic acids is 3. The maximum absolute atomic E-state index is 13.3. The molecule has 0 spiro atoms. The lowest BCUT2D eigenvalue weighted by atomic mass is 9.86. The number of aromatic nitrogens is 2. The molecule has 2 aromatic carbocycles. The summed E-state index contributed by atoms with van der Waals surface area (Å²) in [6.45, 7) is 5.40. The molecule has 0 unspecified atom stereocenters. The van der Waals surface area contributed by atoms with Crippen LogP contribution in [0.1, 0.15) is 42.4 Å². The van der Waals surface area contributed by atoms with Crippen LogP contribution in [0.25, 0.3) is 10.9 Å². The molecule has 1 aromatic heterocycles. The van der Waals surface area contributed by atoms with Crippen LogP contribution >= 0.6 is 11.6 Å². The lowest BCUT2D eigenvalue weighted by Gasteiger charge is -2.30. The lowest BCUT2D eigenvalue weighted by molar-refractivity contribution is -0.128. The molecule has 176 valence electrons. The van der Waals surface area contributed by atoms with Crippen LogP contribution < -0.4 is 16.4 Å². The molecule has 0 aliphatic heterocycles. The fourth-order valence-corrected chi connectivity index (χ4v) is 3.62. The number of nitrogens with two attached hydrogens (primary N) is 1. The van der Waals surface area contributed by atoms with Crippen LogP contribution in [0, 0.1) is 16.7 Å². The number of hydrogen-bond donors (Lipinski definition) is 3. The predicted octanol–water partition coefficient (Wildman–Crippen LogP) is 2.36. The van der Waals surface area contributed by atoms with Gasteiger partial charge in [0.2, 0.25) is 11.8 Å². The van der Waals surface area contributed by atoms with E-state index >= 15 is 0 Å². The Morgan fingerprint density at radius 1 is 1.18 bits per heavy atom. The largest absolute Gasteiger partial charge is 0.368 e. The summed E-state index contributed by atoms with van der Waals surface area (Å²) in [5.74, 6) is -1.77. The van der Waals surface area contributed by atoms with Gasteiger partial charge < -0.3 is 16.4 Å². The van der Waals surface area contributed by atoms with Crippen molar-refractivity contribution in [3.8, 4) is 6.07 Å². The molecule has 1 heterocycles. The number of carbonyl (C=O) groups is 3. The Morgan fingerprint density at radius 3 is 2.44 bits per heavy atom. The van der Waals surface area contributed by atoms with Gasteiger partial charge in [0.05, 0.1) is 30.2 Å². The van der Waals surface area contributed by atoms with E-state index in [0.29, 0.717) is 28.0 Å². The molecule has 0 saturated heterocycles. The van der Waals surface area contributed by atoms with Gasteiger partial charge in [-0.25, -0.2) is 0 Å². The highest BCUT2D eigenvalue weighted by atomic mass is 35.5. The first kappa shape index (κ1) is 24.7. The van der Waals surface area contributed by atoms with Crippen molar-refractivity contribution in [2.75, 3.05) is 6.54 Å². The molecule has 3 amide bonds. The minimum atomic E-state index is -0.947. The summed E-state index contributed by atoms with van der Waals surface area (Å²) in [7, 11) is 0. The molecule has 34 heavy (non-hydrogen) atoms. The van der Waals surface area contributed by atoms with Gasteiger partial charge in [0.25, 0.3) is 5.91 Å². The van der Waals surface area contributed by atoms with E-state index in [1.54, 1.807) is 55.8 Å². The number of primary amides is 1. The highest BCUT2D eigenvalue weighted by molar-refractivity contribution is 6.31. The number of benzene rings is 2. The molecule has 0 saturated carbocycles. The van der Waals surface area contributed by atoms with Crippen molar-refractivity contribution in [3.05, 3.63) is 64.3 Å². The van der Waals surface area contributed by atoms with Gasteiger partial charge in [-0.15, -0.1) is 0 Å². The number of amides is 3. The van der Waals surface area contributed by atoms with Crippen molar-refractivity contribution < 1.29 is 14.4 Å². The van der Waals surface area contributed by atoms with Crippen LogP contribution in [0.5, 0.6) is 0 Å². The topological polar surface area (TPSA) is 143 Å². The van der Waals surface area contributed by atoms with E-state index in [0.717, 1.165) is 5.56 Å². The first-order valence-electron chi connectivity index (χ1n) is 10.5. The van der Waals surface area contributed by atoms with Gasteiger partial charge in [-0.1, -0.05) is 44.5 Å². The first-order chi connectivity index (χ1) is 16.0. The van der Waals surface area contributed by atoms with Gasteiger partial charge in [0.1, 0.15) is 6.04 Å². The second-order valence-corrected chi connectivity index (χ2v) is 9.37. The molecule has 0 bridgehead atoms. The fraction of sp³-hybridized carbons (Fsp3) is 0.292. The maximum atomic E-state index is 13.3. The van der Waals surface area contributed by atoms with Gasteiger partial charge in [0.15, 0.2) is 5.69 Å². The number of nitrogens with one attached hydrogen (secondary N) is 2. The van der Waals surface area contributed by atoms with Crippen molar-refractivity contribution in [1.29, 1.82) is 5.26 Å². The molecule has 1 atom stereocenters. The zero-order valence-corrected chi connectivity index (χ0v) is 19.8. The third-order valence-electron chi connectivity index (χ3n) is 5.18. The summed E-state index contributed by atoms with van der Waals surface area (Å²) in [4.78, 5) is 37.0. The van der Waals surface area contributed by atoms with E-state index in [2.05, 4.69) is 21.8 Å². The second kappa shape index (κ2) is 9.93. The number of nitrogens with zero attached hydrogens (tertiary/aromatic N) is 3. The number of hydrogen-bond acceptors (Lipinski definition) is 5. The van der Waals surface area contributed by atoms with Crippen LogP contribution in [0.4, 0.5) is 0 Å². The smallest absolute Gasteiger partial charge is 0.273 e. The van der Waals surface area contributed by atoms with Crippen LogP contribution in [0.3, 0.4) is 0 Å². The average Bonchev–Trinajstić information content (AvgIpc) is 3.12. The van der Waals surface area contributed by atoms with E-state index in [1.807, 2.05) is 12.1 Å². The van der Waals surface area contributed by atoms with Gasteiger partial charge in [-0.3, -0.25) is 19.1 Å². The molecule has 10 heteroatoms. The van der Waals surface area contributed by atoms with Crippen LogP contribution in [0.2, 0.25) is 5.02 Å². The Bertz CT molecular complexity index is 1290. The van der Waals surface area contributed by atoms with E-state index in [-0.39, 0.29) is 12.2 Å². The van der Waals surface area contributed by atoms with Gasteiger partial charge >= 0.3 is 0 Å². The fourth-order valence-electron chi connectivity index (χ4n) is 3.45. The molecule has 3 rings (SSSR count). The molecule has 3 aromatic rings. The number of rotatable bonds is 7. The monoisotopic (exact) mass is 480 g/mol. The summed E-state index contributed by atoms with van der Waals surface area (Å²) in [6.07, 6.45) is 0. The van der Waals surface area contributed by atoms with Crippen LogP contribution in [-0.4, -0.2) is 40.1 Å². The van der Waals surface area contributed by atoms with Gasteiger partial charge in [-0.2, -0.15) is 10.4 Å². The molecule has 4 N–H and O–H groups in total. The first-order valence-corrected chi connectivity index (χ1v) is 10.9. The molecule has 0 radical (unpaired) electrons. The van der Waals surface area contributed by atoms with Crippen molar-refractivity contribution in [2.24, 2.45) is 11.1 Å². The number of nitriles is 1. The molecule has 9 nitrogen and oxygen atoms in total. The van der Waals surface area contributed by atoms with E-state index < -0.39 is 29.2 Å². The lowest BCUT2D eigenvalue weighted by Crippen LogP contribution is -2.54. The standard InChI is InChI=1S/C24H25ClN6O3/c1-24(2,3)21(23(34)28-12-19(27)32)29-22(33)20-17-10-16(25)8-9-18(17)31(30-20)13-15-6-4-14(11-26)5-7-15/h4-10,21H,12-13H2,1-3H3,(H2,27,32)(H,28,34)(H,29,33)/t21-/m1/s1. The van der Waals surface area contributed by atoms with Gasteiger partial charge in [-0.05, 0) is 41.3 Å². The van der Waals surface area contributed by atoms with Crippen molar-refractivity contribution >= 4 is 40.2 Å². The molecule has 0 aliphatic rings. The van der Waals surface area contributed by atoms with Crippen molar-refractivity contribution in [1.82, 2.24) is 20.4 Å². The summed E-state index contributed by atoms with van der Waals surface area (Å²) >= 11 is 6.19. The molecule has 0 fully saturated rings. The highest BCUT2D eigenvalue weighted by Gasteiger charge is 2.34. The van der Waals surface area contributed by atoms with Crippen molar-refractivity contribution in [3.63, 3.8) is 0 Å². The molecule has 0 aliphatic carbocycles. The molecular formula is C24H25ClN6O3.